The van der Waals surface area contributed by atoms with Crippen molar-refractivity contribution in [1.82, 2.24) is 4.90 Å². The number of carbonyl (C=O) groups is 4. The molecule has 218 valence electrons. The van der Waals surface area contributed by atoms with Crippen molar-refractivity contribution in [2.45, 2.75) is 41.3 Å². The lowest BCUT2D eigenvalue weighted by Gasteiger charge is -2.50. The summed E-state index contributed by atoms with van der Waals surface area (Å²) in [6.07, 6.45) is -0.0290. The van der Waals surface area contributed by atoms with Crippen molar-refractivity contribution in [2.24, 2.45) is 5.92 Å². The lowest BCUT2D eigenvalue weighted by atomic mass is 9.73. The summed E-state index contributed by atoms with van der Waals surface area (Å²) in [6.45, 7) is 11.7. The van der Waals surface area contributed by atoms with E-state index in [2.05, 4.69) is 4.85 Å². The molecule has 3 aromatic rings. The van der Waals surface area contributed by atoms with E-state index in [0.717, 1.165) is 23.5 Å². The van der Waals surface area contributed by atoms with Crippen LogP contribution in [0.4, 0.5) is 0 Å². The molecule has 3 aromatic carbocycles. The highest BCUT2D eigenvalue weighted by Gasteiger charge is 2.75. The van der Waals surface area contributed by atoms with Gasteiger partial charge in [0.25, 0.3) is 0 Å². The fraction of sp³-hybridized carbons (Fsp3) is 0.303. The van der Waals surface area contributed by atoms with E-state index in [1.54, 1.807) is 92.7 Å². The Kier molecular flexibility index (Phi) is 7.14. The van der Waals surface area contributed by atoms with Gasteiger partial charge in [-0.25, -0.2) is 6.57 Å². The van der Waals surface area contributed by atoms with Crippen LogP contribution < -0.4 is 9.47 Å². The van der Waals surface area contributed by atoms with Gasteiger partial charge >= 0.3 is 0 Å². The van der Waals surface area contributed by atoms with Crippen LogP contribution in [-0.4, -0.2) is 55.8 Å². The van der Waals surface area contributed by atoms with Gasteiger partial charge in [0.05, 0.1) is 18.3 Å². The molecule has 2 heterocycles. The Labute approximate surface area is 257 Å². The summed E-state index contributed by atoms with van der Waals surface area (Å²) >= 11 is 1.60. The Morgan fingerprint density at radius 3 is 2.05 bits per heavy atom. The fourth-order valence-electron chi connectivity index (χ4n) is 6.52. The third kappa shape index (κ3) is 4.53. The molecule has 0 N–H and O–H groups in total. The quantitative estimate of drug-likeness (QED) is 0.332. The Bertz CT molecular complexity index is 1690. The predicted molar refractivity (Wildman–Crippen MR) is 164 cm³/mol. The second-order valence-electron chi connectivity index (χ2n) is 11.3. The van der Waals surface area contributed by atoms with Crippen LogP contribution in [-0.2, 0) is 9.59 Å². The topological polar surface area (TPSA) is 94.3 Å². The molecule has 0 spiro atoms. The highest BCUT2D eigenvalue weighted by molar-refractivity contribution is 8.16. The molecule has 2 aliphatic heterocycles. The molecule has 0 aromatic heterocycles. The van der Waals surface area contributed by atoms with Gasteiger partial charge in [0, 0.05) is 25.1 Å². The van der Waals surface area contributed by atoms with E-state index in [-0.39, 0.29) is 29.2 Å². The largest absolute Gasteiger partial charge is 0.454 e. The number of Topliss-reactive ketones (excluding diaryl/α,β-unsaturated/α-hetero) is 1. The average molecular weight is 613 g/mol. The monoisotopic (exact) mass is 612 g/mol. The van der Waals surface area contributed by atoms with Crippen LogP contribution in [0.3, 0.4) is 0 Å². The van der Waals surface area contributed by atoms with E-state index in [4.69, 9.17) is 16.0 Å². The first-order chi connectivity index (χ1) is 20.5. The molecule has 2 fully saturated rings. The van der Waals surface area contributed by atoms with E-state index in [1.807, 2.05) is 0 Å². The average Bonchev–Trinajstić information content (AvgIpc) is 3.60. The van der Waals surface area contributed by atoms with E-state index in [1.165, 1.54) is 11.9 Å². The van der Waals surface area contributed by atoms with Crippen molar-refractivity contribution >= 4 is 45.4 Å². The predicted octanol–water partition coefficient (Wildman–Crippen LogP) is 5.84. The van der Waals surface area contributed by atoms with Crippen LogP contribution in [0, 0.1) is 12.5 Å². The number of fused-ring (bicyclic) bond motifs is 2. The maximum atomic E-state index is 14.9. The molecule has 1 amide bonds. The maximum Gasteiger partial charge on any atom is 0.241 e. The maximum absolute atomic E-state index is 14.9. The molecule has 2 unspecified atom stereocenters. The number of benzene rings is 3. The number of rotatable bonds is 5. The van der Waals surface area contributed by atoms with Gasteiger partial charge in [-0.2, -0.15) is 0 Å². The summed E-state index contributed by atoms with van der Waals surface area (Å²) in [4.78, 5) is 60.5. The highest BCUT2D eigenvalue weighted by Crippen LogP contribution is 2.65. The number of nitrogens with zero attached hydrogens (tertiary/aromatic N) is 2. The molecule has 1 aliphatic carbocycles. The van der Waals surface area contributed by atoms with Crippen molar-refractivity contribution in [3.63, 3.8) is 0 Å². The van der Waals surface area contributed by atoms with Crippen LogP contribution >= 0.6 is 23.5 Å². The third-order valence-electron chi connectivity index (χ3n) is 8.77. The highest BCUT2D eigenvalue weighted by atomic mass is 32.2. The van der Waals surface area contributed by atoms with Gasteiger partial charge in [0.1, 0.15) is 4.75 Å². The number of hydrogen-bond donors (Lipinski definition) is 0. The van der Waals surface area contributed by atoms with Crippen LogP contribution in [0.1, 0.15) is 52.5 Å². The summed E-state index contributed by atoms with van der Waals surface area (Å²) in [5, 5.41) is -0.724. The van der Waals surface area contributed by atoms with Crippen molar-refractivity contribution in [1.29, 1.82) is 0 Å². The minimum Gasteiger partial charge on any atom is -0.454 e. The van der Waals surface area contributed by atoms with Crippen molar-refractivity contribution < 1.29 is 28.7 Å². The normalized spacial score (nSPS) is 29.2. The van der Waals surface area contributed by atoms with Gasteiger partial charge < -0.3 is 19.2 Å². The molecule has 10 heteroatoms. The molecule has 3 aliphatic rings. The van der Waals surface area contributed by atoms with Crippen molar-refractivity contribution in [2.75, 3.05) is 13.8 Å². The number of thioether (sulfide) groups is 2. The minimum atomic E-state index is -1.59. The van der Waals surface area contributed by atoms with Crippen molar-refractivity contribution in [3.05, 3.63) is 107 Å². The van der Waals surface area contributed by atoms with Gasteiger partial charge in [-0.1, -0.05) is 78.5 Å². The first kappa shape index (κ1) is 29.0. The SMILES string of the molecule is [C-]#[N+][C@@]1(C)C[C@]2(SC(=O)c3ccccc3)C(=O)N(C)[C@@](C)(SC(=O)c3ccccc3)C(=O)C2C1c1ccc2c(c1)OCO2. The molecule has 1 saturated carbocycles. The molecule has 1 saturated heterocycles. The lowest BCUT2D eigenvalue weighted by molar-refractivity contribution is -0.151. The Balaban J connectivity index is 1.51. The summed E-state index contributed by atoms with van der Waals surface area (Å²) in [7, 11) is 1.50. The summed E-state index contributed by atoms with van der Waals surface area (Å²) in [5.74, 6) is -1.67. The zero-order valence-electron chi connectivity index (χ0n) is 23.7. The van der Waals surface area contributed by atoms with E-state index in [0.29, 0.717) is 28.2 Å². The standard InChI is InChI=1S/C33H28N2O6S2/c1-31(34-3)18-33(43-29(38)21-13-9-6-10-14-21)26(25(31)22-15-16-23-24(17-22)41-19-40-23)27(36)32(2,35(4)30(33)39)42-28(37)20-11-7-5-8-12-20/h5-17,25-26H,18-19H2,1-2,4H3/t25?,26?,31-,32-,33+/m0/s1. The summed E-state index contributed by atoms with van der Waals surface area (Å²) in [6, 6.07) is 22.4. The lowest BCUT2D eigenvalue weighted by Crippen LogP contribution is -2.67. The minimum absolute atomic E-state index is 0.0290. The van der Waals surface area contributed by atoms with E-state index in [9.17, 15) is 19.2 Å². The molecule has 8 nitrogen and oxygen atoms in total. The number of ketones is 1. The second kappa shape index (κ2) is 10.6. The summed E-state index contributed by atoms with van der Waals surface area (Å²) in [5.41, 5.74) is 0.197. The number of likely N-dealkylation sites (tertiary alicyclic amines) is 1. The van der Waals surface area contributed by atoms with Crippen LogP contribution in [0.5, 0.6) is 11.5 Å². The van der Waals surface area contributed by atoms with Crippen LogP contribution in [0.15, 0.2) is 78.9 Å². The summed E-state index contributed by atoms with van der Waals surface area (Å²) < 4.78 is 9.54. The fourth-order valence-corrected chi connectivity index (χ4v) is 9.13. The van der Waals surface area contributed by atoms with Gasteiger partial charge in [0.15, 0.2) is 22.2 Å². The third-order valence-corrected chi connectivity index (χ3v) is 11.4. The van der Waals surface area contributed by atoms with Gasteiger partial charge in [-0.05, 0) is 36.4 Å². The molecule has 0 radical (unpaired) electrons. The second-order valence-corrected chi connectivity index (χ2v) is 14.0. The number of carbonyl (C=O) groups excluding carboxylic acids is 4. The van der Waals surface area contributed by atoms with Crippen LogP contribution in [0.25, 0.3) is 4.85 Å². The number of hydrogen-bond acceptors (Lipinski definition) is 8. The Morgan fingerprint density at radius 1 is 0.860 bits per heavy atom. The first-order valence-corrected chi connectivity index (χ1v) is 15.3. The van der Waals surface area contributed by atoms with Gasteiger partial charge in [-0.3, -0.25) is 19.2 Å². The van der Waals surface area contributed by atoms with E-state index < -0.39 is 32.9 Å². The van der Waals surface area contributed by atoms with E-state index >= 15 is 0 Å². The zero-order chi connectivity index (χ0) is 30.6. The number of piperidine rings is 1. The molecule has 43 heavy (non-hydrogen) atoms. The number of likely N-dealkylation sites (N-methyl/N-ethyl adjacent to an activating group) is 1. The Morgan fingerprint density at radius 2 is 1.44 bits per heavy atom. The smallest absolute Gasteiger partial charge is 0.241 e. The number of ether oxygens (including phenoxy) is 2. The zero-order valence-corrected chi connectivity index (χ0v) is 25.4. The molecular weight excluding hydrogens is 585 g/mol. The van der Waals surface area contributed by atoms with Crippen molar-refractivity contribution in [3.8, 4) is 11.5 Å². The van der Waals surface area contributed by atoms with Gasteiger partial charge in [-0.15, -0.1) is 0 Å². The molecule has 0 bridgehead atoms. The van der Waals surface area contributed by atoms with Gasteiger partial charge in [0.2, 0.25) is 28.5 Å². The number of amides is 1. The molecule has 6 rings (SSSR count). The molecule has 5 atom stereocenters. The van der Waals surface area contributed by atoms with Crippen LogP contribution in [0.2, 0.25) is 0 Å². The first-order valence-electron chi connectivity index (χ1n) is 13.7. The Hall–Kier alpha value is -4.07. The molecular formula is C33H28N2O6S2.